The summed E-state index contributed by atoms with van der Waals surface area (Å²) in [6.45, 7) is 2.78. The van der Waals surface area contributed by atoms with E-state index in [0.717, 1.165) is 41.4 Å². The van der Waals surface area contributed by atoms with Gasteiger partial charge in [-0.1, -0.05) is 29.8 Å². The van der Waals surface area contributed by atoms with Crippen molar-refractivity contribution in [3.8, 4) is 11.3 Å². The number of hydrogen-bond donors (Lipinski definition) is 3. The highest BCUT2D eigenvalue weighted by molar-refractivity contribution is 5.92. The van der Waals surface area contributed by atoms with E-state index < -0.39 is 5.97 Å². The molecular formula is C21H24N2O2. The van der Waals surface area contributed by atoms with E-state index in [0.29, 0.717) is 6.54 Å². The van der Waals surface area contributed by atoms with E-state index in [1.807, 2.05) is 18.2 Å². The monoisotopic (exact) mass is 336 g/mol. The minimum Gasteiger partial charge on any atom is -0.481 e. The molecule has 130 valence electrons. The van der Waals surface area contributed by atoms with Crippen molar-refractivity contribution in [3.05, 3.63) is 59.2 Å². The molecule has 0 fully saturated rings. The lowest BCUT2D eigenvalue weighted by atomic mass is 9.98. The third-order valence-corrected chi connectivity index (χ3v) is 4.51. The first kappa shape index (κ1) is 17.2. The predicted molar refractivity (Wildman–Crippen MR) is 102 cm³/mol. The summed E-state index contributed by atoms with van der Waals surface area (Å²) in [5.41, 5.74) is 12.3. The average molecular weight is 336 g/mol. The molecular weight excluding hydrogens is 312 g/mol. The van der Waals surface area contributed by atoms with E-state index in [-0.39, 0.29) is 6.42 Å². The molecule has 3 aromatic rings. The molecule has 25 heavy (non-hydrogen) atoms. The van der Waals surface area contributed by atoms with Gasteiger partial charge in [-0.25, -0.2) is 0 Å². The number of unbranched alkanes of at least 4 members (excludes halogenated alkanes) is 1. The minimum absolute atomic E-state index is 0.0448. The standard InChI is InChI=1S/C21H24N2O2/c1-14-5-4-6-16(11-14)21-17(7-2-3-10-22)18-12-15(13-20(24)25)8-9-19(18)23-21/h4-6,8-9,11-12,23H,2-3,7,10,13,22H2,1H3,(H,24,25). The van der Waals surface area contributed by atoms with Crippen LogP contribution in [0.25, 0.3) is 22.2 Å². The molecule has 4 nitrogen and oxygen atoms in total. The second-order valence-electron chi connectivity index (χ2n) is 6.54. The van der Waals surface area contributed by atoms with Crippen molar-refractivity contribution in [2.45, 2.75) is 32.6 Å². The second kappa shape index (κ2) is 7.53. The molecule has 0 aliphatic carbocycles. The van der Waals surface area contributed by atoms with Crippen molar-refractivity contribution < 1.29 is 9.90 Å². The first-order valence-corrected chi connectivity index (χ1v) is 8.71. The number of carboxylic acids is 1. The van der Waals surface area contributed by atoms with Crippen LogP contribution in [0.1, 0.15) is 29.5 Å². The summed E-state index contributed by atoms with van der Waals surface area (Å²) in [7, 11) is 0. The molecule has 0 unspecified atom stereocenters. The van der Waals surface area contributed by atoms with E-state index >= 15 is 0 Å². The maximum Gasteiger partial charge on any atom is 0.307 e. The van der Waals surface area contributed by atoms with Crippen molar-refractivity contribution in [3.63, 3.8) is 0 Å². The molecule has 0 aliphatic heterocycles. The maximum absolute atomic E-state index is 11.0. The smallest absolute Gasteiger partial charge is 0.307 e. The third-order valence-electron chi connectivity index (χ3n) is 4.51. The largest absolute Gasteiger partial charge is 0.481 e. The van der Waals surface area contributed by atoms with Crippen molar-refractivity contribution in [1.82, 2.24) is 4.98 Å². The van der Waals surface area contributed by atoms with Crippen molar-refractivity contribution >= 4 is 16.9 Å². The van der Waals surface area contributed by atoms with E-state index in [2.05, 4.69) is 36.2 Å². The number of hydrogen-bond acceptors (Lipinski definition) is 2. The number of aliphatic carboxylic acids is 1. The Morgan fingerprint density at radius 3 is 2.72 bits per heavy atom. The van der Waals surface area contributed by atoms with Gasteiger partial charge in [0.25, 0.3) is 0 Å². The molecule has 4 N–H and O–H groups in total. The summed E-state index contributed by atoms with van der Waals surface area (Å²) in [6, 6.07) is 14.3. The van der Waals surface area contributed by atoms with Gasteiger partial charge in [-0.2, -0.15) is 0 Å². The molecule has 0 spiro atoms. The molecule has 0 radical (unpaired) electrons. The van der Waals surface area contributed by atoms with Gasteiger partial charge >= 0.3 is 5.97 Å². The van der Waals surface area contributed by atoms with Crippen LogP contribution in [-0.2, 0) is 17.6 Å². The summed E-state index contributed by atoms with van der Waals surface area (Å²) in [5, 5.41) is 10.2. The number of rotatable bonds is 7. The Hall–Kier alpha value is -2.59. The molecule has 4 heteroatoms. The van der Waals surface area contributed by atoms with Crippen LogP contribution in [0.2, 0.25) is 0 Å². The maximum atomic E-state index is 11.0. The van der Waals surface area contributed by atoms with E-state index in [4.69, 9.17) is 10.8 Å². The summed E-state index contributed by atoms with van der Waals surface area (Å²) in [5.74, 6) is -0.807. The number of nitrogens with one attached hydrogen (secondary N) is 1. The summed E-state index contributed by atoms with van der Waals surface area (Å²) in [6.07, 6.45) is 2.97. The molecule has 2 aromatic carbocycles. The van der Waals surface area contributed by atoms with Crippen LogP contribution < -0.4 is 5.73 Å². The van der Waals surface area contributed by atoms with Gasteiger partial charge in [0.05, 0.1) is 6.42 Å². The molecule has 0 bridgehead atoms. The number of carboxylic acid groups (broad SMARTS) is 1. The highest BCUT2D eigenvalue weighted by Gasteiger charge is 2.14. The van der Waals surface area contributed by atoms with Crippen LogP contribution in [-0.4, -0.2) is 22.6 Å². The molecule has 3 rings (SSSR count). The zero-order valence-corrected chi connectivity index (χ0v) is 14.5. The van der Waals surface area contributed by atoms with Crippen molar-refractivity contribution in [1.29, 1.82) is 0 Å². The predicted octanol–water partition coefficient (Wildman–Crippen LogP) is 4.05. The normalized spacial score (nSPS) is 11.1. The van der Waals surface area contributed by atoms with Gasteiger partial charge in [0.15, 0.2) is 0 Å². The molecule has 0 saturated carbocycles. The fourth-order valence-corrected chi connectivity index (χ4v) is 3.33. The molecule has 0 aliphatic rings. The van der Waals surface area contributed by atoms with Gasteiger partial charge in [0.1, 0.15) is 0 Å². The Balaban J connectivity index is 2.10. The third kappa shape index (κ3) is 3.91. The summed E-state index contributed by atoms with van der Waals surface area (Å²) >= 11 is 0. The van der Waals surface area contributed by atoms with E-state index in [9.17, 15) is 4.79 Å². The second-order valence-corrected chi connectivity index (χ2v) is 6.54. The Morgan fingerprint density at radius 1 is 1.16 bits per heavy atom. The van der Waals surface area contributed by atoms with Gasteiger partial charge in [-0.05, 0) is 67.6 Å². The Bertz CT molecular complexity index is 896. The van der Waals surface area contributed by atoms with Gasteiger partial charge in [-0.3, -0.25) is 4.79 Å². The van der Waals surface area contributed by atoms with Crippen molar-refractivity contribution in [2.24, 2.45) is 5.73 Å². The van der Waals surface area contributed by atoms with E-state index in [1.54, 1.807) is 0 Å². The highest BCUT2D eigenvalue weighted by atomic mass is 16.4. The zero-order chi connectivity index (χ0) is 17.8. The molecule has 1 heterocycles. The topological polar surface area (TPSA) is 79.1 Å². The minimum atomic E-state index is -0.807. The molecule has 0 saturated heterocycles. The number of H-pyrrole nitrogens is 1. The number of aryl methyl sites for hydroxylation is 2. The van der Waals surface area contributed by atoms with Gasteiger partial charge in [0.2, 0.25) is 0 Å². The fourth-order valence-electron chi connectivity index (χ4n) is 3.33. The van der Waals surface area contributed by atoms with E-state index in [1.165, 1.54) is 16.7 Å². The highest BCUT2D eigenvalue weighted by Crippen LogP contribution is 2.32. The van der Waals surface area contributed by atoms with Gasteiger partial charge in [0, 0.05) is 16.6 Å². The summed E-state index contributed by atoms with van der Waals surface area (Å²) in [4.78, 5) is 14.6. The number of fused-ring (bicyclic) bond motifs is 1. The molecule has 0 amide bonds. The van der Waals surface area contributed by atoms with Crippen LogP contribution in [0.15, 0.2) is 42.5 Å². The van der Waals surface area contributed by atoms with Crippen LogP contribution in [0.4, 0.5) is 0 Å². The summed E-state index contributed by atoms with van der Waals surface area (Å²) < 4.78 is 0. The lowest BCUT2D eigenvalue weighted by molar-refractivity contribution is -0.136. The Morgan fingerprint density at radius 2 is 2.00 bits per heavy atom. The van der Waals surface area contributed by atoms with Crippen LogP contribution in [0.5, 0.6) is 0 Å². The van der Waals surface area contributed by atoms with Crippen LogP contribution in [0, 0.1) is 6.92 Å². The first-order valence-electron chi connectivity index (χ1n) is 8.71. The lowest BCUT2D eigenvalue weighted by Gasteiger charge is -2.06. The van der Waals surface area contributed by atoms with Gasteiger partial charge < -0.3 is 15.8 Å². The van der Waals surface area contributed by atoms with Crippen molar-refractivity contribution in [2.75, 3.05) is 6.54 Å². The van der Waals surface area contributed by atoms with Crippen LogP contribution >= 0.6 is 0 Å². The number of carbonyl (C=O) groups is 1. The SMILES string of the molecule is Cc1cccc(-c2[nH]c3ccc(CC(=O)O)cc3c2CCCCN)c1. The zero-order valence-electron chi connectivity index (χ0n) is 14.5. The average Bonchev–Trinajstić information content (AvgIpc) is 2.93. The molecule has 1 aromatic heterocycles. The number of benzene rings is 2. The number of nitrogens with two attached hydrogens (primary N) is 1. The first-order chi connectivity index (χ1) is 12.1. The van der Waals surface area contributed by atoms with Crippen LogP contribution in [0.3, 0.4) is 0 Å². The Kier molecular flexibility index (Phi) is 5.19. The van der Waals surface area contributed by atoms with Gasteiger partial charge in [-0.15, -0.1) is 0 Å². The fraction of sp³-hybridized carbons (Fsp3) is 0.286. The quantitative estimate of drug-likeness (QED) is 0.569. The Labute approximate surface area is 147 Å². The molecule has 0 atom stereocenters. The number of aromatic amines is 1. The number of aromatic nitrogens is 1. The lowest BCUT2D eigenvalue weighted by Crippen LogP contribution is -2.00.